The van der Waals surface area contributed by atoms with Gasteiger partial charge in [-0.25, -0.2) is 4.79 Å². The maximum absolute atomic E-state index is 11.6. The van der Waals surface area contributed by atoms with Crippen molar-refractivity contribution < 1.29 is 23.9 Å². The highest BCUT2D eigenvalue weighted by Gasteiger charge is 2.13. The molecule has 0 unspecified atom stereocenters. The first-order valence-electron chi connectivity index (χ1n) is 5.94. The molecule has 0 atom stereocenters. The summed E-state index contributed by atoms with van der Waals surface area (Å²) in [6.45, 7) is 1.95. The van der Waals surface area contributed by atoms with Gasteiger partial charge in [0.1, 0.15) is 0 Å². The molecule has 0 saturated carbocycles. The van der Waals surface area contributed by atoms with Crippen LogP contribution >= 0.6 is 0 Å². The van der Waals surface area contributed by atoms with Crippen LogP contribution in [0.3, 0.4) is 0 Å². The number of carbonyl (C=O) groups excluding carboxylic acids is 3. The monoisotopic (exact) mass is 264 g/mol. The lowest BCUT2D eigenvalue weighted by Crippen LogP contribution is -2.09. The van der Waals surface area contributed by atoms with Gasteiger partial charge < -0.3 is 9.47 Å². The van der Waals surface area contributed by atoms with E-state index in [-0.39, 0.29) is 30.1 Å². The van der Waals surface area contributed by atoms with Crippen molar-refractivity contribution in [3.05, 3.63) is 34.9 Å². The number of aldehydes is 1. The van der Waals surface area contributed by atoms with E-state index in [1.807, 2.05) is 0 Å². The van der Waals surface area contributed by atoms with Crippen LogP contribution in [0, 0.1) is 0 Å². The number of hydrogen-bond donors (Lipinski definition) is 0. The molecule has 102 valence electrons. The van der Waals surface area contributed by atoms with Gasteiger partial charge in [-0.1, -0.05) is 6.07 Å². The minimum absolute atomic E-state index is 0.230. The molecule has 0 saturated heterocycles. The highest BCUT2D eigenvalue weighted by atomic mass is 16.5. The fourth-order valence-corrected chi connectivity index (χ4v) is 1.61. The number of ether oxygens (including phenoxy) is 2. The molecule has 0 aromatic heterocycles. The van der Waals surface area contributed by atoms with Gasteiger partial charge in [0.25, 0.3) is 0 Å². The quantitative estimate of drug-likeness (QED) is 0.578. The third-order valence-corrected chi connectivity index (χ3v) is 2.58. The van der Waals surface area contributed by atoms with Crippen molar-refractivity contribution >= 4 is 18.2 Å². The molecule has 0 N–H and O–H groups in total. The first kappa shape index (κ1) is 14.9. The molecule has 0 spiro atoms. The Morgan fingerprint density at radius 1 is 1.32 bits per heavy atom. The van der Waals surface area contributed by atoms with Crippen molar-refractivity contribution in [2.24, 2.45) is 0 Å². The molecule has 0 amide bonds. The van der Waals surface area contributed by atoms with Crippen LogP contribution in [0.1, 0.15) is 39.6 Å². The highest BCUT2D eigenvalue weighted by Crippen LogP contribution is 2.13. The van der Waals surface area contributed by atoms with Crippen molar-refractivity contribution in [1.29, 1.82) is 0 Å². The lowest BCUT2D eigenvalue weighted by atomic mass is 10.0. The second-order valence-electron chi connectivity index (χ2n) is 3.84. The molecule has 0 aliphatic carbocycles. The van der Waals surface area contributed by atoms with E-state index in [4.69, 9.17) is 4.74 Å². The summed E-state index contributed by atoms with van der Waals surface area (Å²) in [5, 5.41) is 0. The van der Waals surface area contributed by atoms with Gasteiger partial charge in [0.15, 0.2) is 6.29 Å². The van der Waals surface area contributed by atoms with E-state index in [2.05, 4.69) is 4.74 Å². The van der Waals surface area contributed by atoms with Crippen molar-refractivity contribution in [2.75, 3.05) is 13.7 Å². The lowest BCUT2D eigenvalue weighted by molar-refractivity contribution is -0.140. The number of methoxy groups -OCH3 is 1. The minimum atomic E-state index is -0.524. The van der Waals surface area contributed by atoms with Crippen LogP contribution in [0.15, 0.2) is 18.2 Å². The van der Waals surface area contributed by atoms with E-state index >= 15 is 0 Å². The Morgan fingerprint density at radius 2 is 2.05 bits per heavy atom. The van der Waals surface area contributed by atoms with Gasteiger partial charge in [-0.2, -0.15) is 0 Å². The summed E-state index contributed by atoms with van der Waals surface area (Å²) in [6.07, 6.45) is 1.29. The Kier molecular flexibility index (Phi) is 5.73. The van der Waals surface area contributed by atoms with Gasteiger partial charge >= 0.3 is 11.9 Å². The molecule has 1 aromatic carbocycles. The molecule has 5 nitrogen and oxygen atoms in total. The zero-order valence-corrected chi connectivity index (χ0v) is 11.0. The maximum Gasteiger partial charge on any atom is 0.338 e. The Morgan fingerprint density at radius 3 is 2.63 bits per heavy atom. The predicted octanol–water partition coefficient (Wildman–Crippen LogP) is 1.78. The summed E-state index contributed by atoms with van der Waals surface area (Å²) in [7, 11) is 1.32. The first-order chi connectivity index (χ1) is 9.12. The molecule has 1 rings (SSSR count). The van der Waals surface area contributed by atoms with Crippen LogP contribution in [0.25, 0.3) is 0 Å². The molecule has 0 fully saturated rings. The van der Waals surface area contributed by atoms with Crippen molar-refractivity contribution in [1.82, 2.24) is 0 Å². The van der Waals surface area contributed by atoms with E-state index in [1.165, 1.54) is 13.2 Å². The summed E-state index contributed by atoms with van der Waals surface area (Å²) in [5.74, 6) is -0.841. The standard InChI is InChI=1S/C14H16O5/c1-3-19-14(17)12-6-4-10(8-11(12)9-15)5-7-13(16)18-2/h4,6,8-9H,3,5,7H2,1-2H3. The summed E-state index contributed by atoms with van der Waals surface area (Å²) in [6, 6.07) is 4.82. The minimum Gasteiger partial charge on any atom is -0.469 e. The van der Waals surface area contributed by atoms with Crippen LogP contribution in [-0.2, 0) is 20.7 Å². The highest BCUT2D eigenvalue weighted by molar-refractivity contribution is 5.98. The Bertz CT molecular complexity index is 479. The second-order valence-corrected chi connectivity index (χ2v) is 3.84. The van der Waals surface area contributed by atoms with Crippen LogP contribution in [0.2, 0.25) is 0 Å². The number of esters is 2. The predicted molar refractivity (Wildman–Crippen MR) is 68.1 cm³/mol. The SMILES string of the molecule is CCOC(=O)c1ccc(CCC(=O)OC)cc1C=O. The zero-order chi connectivity index (χ0) is 14.3. The number of benzene rings is 1. The molecule has 5 heteroatoms. The molecule has 19 heavy (non-hydrogen) atoms. The Balaban J connectivity index is 2.86. The largest absolute Gasteiger partial charge is 0.469 e. The van der Waals surface area contributed by atoms with E-state index in [0.717, 1.165) is 5.56 Å². The third kappa shape index (κ3) is 4.21. The zero-order valence-electron chi connectivity index (χ0n) is 11.0. The molecule has 1 aromatic rings. The Hall–Kier alpha value is -2.17. The fraction of sp³-hybridized carbons (Fsp3) is 0.357. The molecular formula is C14H16O5. The summed E-state index contributed by atoms with van der Waals surface area (Å²) < 4.78 is 9.39. The van der Waals surface area contributed by atoms with Crippen molar-refractivity contribution in [3.63, 3.8) is 0 Å². The number of carbonyl (C=O) groups is 3. The van der Waals surface area contributed by atoms with Gasteiger partial charge in [0.05, 0.1) is 19.3 Å². The number of rotatable bonds is 6. The molecule has 0 heterocycles. The van der Waals surface area contributed by atoms with Crippen molar-refractivity contribution in [2.45, 2.75) is 19.8 Å². The van der Waals surface area contributed by atoms with Gasteiger partial charge in [-0.3, -0.25) is 9.59 Å². The average Bonchev–Trinajstić information content (AvgIpc) is 2.44. The van der Waals surface area contributed by atoms with Crippen LogP contribution < -0.4 is 0 Å². The van der Waals surface area contributed by atoms with Gasteiger partial charge in [0, 0.05) is 12.0 Å². The molecule has 0 aliphatic heterocycles. The summed E-state index contributed by atoms with van der Waals surface area (Å²) in [5.41, 5.74) is 1.29. The Labute approximate surface area is 111 Å². The molecule has 0 aliphatic rings. The lowest BCUT2D eigenvalue weighted by Gasteiger charge is -2.07. The molecule has 0 radical (unpaired) electrons. The van der Waals surface area contributed by atoms with E-state index in [9.17, 15) is 14.4 Å². The van der Waals surface area contributed by atoms with Crippen LogP contribution in [0.5, 0.6) is 0 Å². The maximum atomic E-state index is 11.6. The first-order valence-corrected chi connectivity index (χ1v) is 5.94. The molecular weight excluding hydrogens is 248 g/mol. The van der Waals surface area contributed by atoms with Crippen LogP contribution in [0.4, 0.5) is 0 Å². The fourth-order valence-electron chi connectivity index (χ4n) is 1.61. The van der Waals surface area contributed by atoms with Crippen molar-refractivity contribution in [3.8, 4) is 0 Å². The second kappa shape index (κ2) is 7.31. The smallest absolute Gasteiger partial charge is 0.338 e. The normalized spacial score (nSPS) is 9.79. The van der Waals surface area contributed by atoms with Gasteiger partial charge in [0.2, 0.25) is 0 Å². The number of aryl methyl sites for hydroxylation is 1. The van der Waals surface area contributed by atoms with E-state index in [0.29, 0.717) is 12.7 Å². The summed E-state index contributed by atoms with van der Waals surface area (Å²) >= 11 is 0. The van der Waals surface area contributed by atoms with E-state index in [1.54, 1.807) is 19.1 Å². The number of hydrogen-bond acceptors (Lipinski definition) is 5. The van der Waals surface area contributed by atoms with Gasteiger partial charge in [-0.05, 0) is 31.0 Å². The topological polar surface area (TPSA) is 69.7 Å². The molecule has 0 bridgehead atoms. The average molecular weight is 264 g/mol. The third-order valence-electron chi connectivity index (χ3n) is 2.58. The van der Waals surface area contributed by atoms with E-state index < -0.39 is 5.97 Å². The summed E-state index contributed by atoms with van der Waals surface area (Å²) in [4.78, 5) is 33.6. The van der Waals surface area contributed by atoms with Crippen LogP contribution in [-0.4, -0.2) is 31.9 Å². The van der Waals surface area contributed by atoms with Gasteiger partial charge in [-0.15, -0.1) is 0 Å².